The summed E-state index contributed by atoms with van der Waals surface area (Å²) in [6.07, 6.45) is 46.5. The van der Waals surface area contributed by atoms with Crippen molar-refractivity contribution in [3.63, 3.8) is 0 Å². The average molecular weight is 806 g/mol. The van der Waals surface area contributed by atoms with Gasteiger partial charge in [0.05, 0.1) is 19.3 Å². The molecule has 3 atom stereocenters. The van der Waals surface area contributed by atoms with Gasteiger partial charge in [-0.1, -0.05) is 144 Å². The van der Waals surface area contributed by atoms with E-state index in [0.717, 1.165) is 32.1 Å². The highest BCUT2D eigenvalue weighted by Crippen LogP contribution is 2.43. The van der Waals surface area contributed by atoms with Crippen molar-refractivity contribution in [1.29, 1.82) is 0 Å². The van der Waals surface area contributed by atoms with Gasteiger partial charge >= 0.3 is 19.8 Å². The fraction of sp³-hybridized carbons (Fsp3) is 0.644. The van der Waals surface area contributed by atoms with Crippen LogP contribution in [-0.4, -0.2) is 60.5 Å². The molecule has 11 heteroatoms. The molecule has 4 N–H and O–H groups in total. The number of carbonyl (C=O) groups is 2. The molecule has 0 radical (unpaired) electrons. The first-order valence-electron chi connectivity index (χ1n) is 21.2. The third-order valence-electron chi connectivity index (χ3n) is 8.33. The van der Waals surface area contributed by atoms with Gasteiger partial charge in [0, 0.05) is 19.4 Å². The minimum absolute atomic E-state index is 0.0235. The van der Waals surface area contributed by atoms with E-state index in [9.17, 15) is 24.2 Å². The second kappa shape index (κ2) is 40.4. The highest BCUT2D eigenvalue weighted by molar-refractivity contribution is 7.47. The Kier molecular flexibility index (Phi) is 38.3. The summed E-state index contributed by atoms with van der Waals surface area (Å²) in [5.41, 5.74) is 5.33. The van der Waals surface area contributed by atoms with E-state index in [1.54, 1.807) is 6.08 Å². The Labute approximate surface area is 339 Å². The third kappa shape index (κ3) is 39.4. The number of esters is 2. The lowest BCUT2D eigenvalue weighted by molar-refractivity contribution is -0.161. The number of ether oxygens (including phenoxy) is 2. The van der Waals surface area contributed by atoms with Crippen LogP contribution in [0, 0.1) is 0 Å². The molecule has 0 aliphatic carbocycles. The molecule has 1 unspecified atom stereocenters. The van der Waals surface area contributed by atoms with Gasteiger partial charge < -0.3 is 25.2 Å². The van der Waals surface area contributed by atoms with Crippen molar-refractivity contribution in [1.82, 2.24) is 0 Å². The number of hydrogen-bond acceptors (Lipinski definition) is 9. The number of aliphatic hydroxyl groups excluding tert-OH is 1. The fourth-order valence-electron chi connectivity index (χ4n) is 5.13. The SMILES string of the molecule is CCCCC/C=C\C=C/[C@H](O)C/C=C\C/C=C/CCCC(=O)O[C@H](COC(=O)CCC/C=C\C/C=C\C/C=C\CCCCCCCC)COP(=O)(O)OCCN. The number of hydrogen-bond donors (Lipinski definition) is 3. The topological polar surface area (TPSA) is 155 Å². The van der Waals surface area contributed by atoms with Crippen molar-refractivity contribution in [3.05, 3.63) is 85.1 Å². The van der Waals surface area contributed by atoms with Gasteiger partial charge in [0.15, 0.2) is 6.10 Å². The Morgan fingerprint density at radius 3 is 1.79 bits per heavy atom. The van der Waals surface area contributed by atoms with Crippen molar-refractivity contribution in [2.75, 3.05) is 26.4 Å². The van der Waals surface area contributed by atoms with E-state index in [0.29, 0.717) is 32.1 Å². The van der Waals surface area contributed by atoms with Gasteiger partial charge in [-0.25, -0.2) is 4.57 Å². The minimum atomic E-state index is -4.42. The van der Waals surface area contributed by atoms with Crippen LogP contribution in [0.4, 0.5) is 0 Å². The van der Waals surface area contributed by atoms with Crippen molar-refractivity contribution in [2.45, 2.75) is 161 Å². The highest BCUT2D eigenvalue weighted by Gasteiger charge is 2.25. The summed E-state index contributed by atoms with van der Waals surface area (Å²) in [4.78, 5) is 34.8. The molecule has 0 aromatic heterocycles. The molecule has 0 spiro atoms. The first-order chi connectivity index (χ1) is 27.2. The second-order valence-corrected chi connectivity index (χ2v) is 15.2. The molecule has 0 bridgehead atoms. The largest absolute Gasteiger partial charge is 0.472 e. The molecule has 320 valence electrons. The molecule has 0 heterocycles. The molecule has 56 heavy (non-hydrogen) atoms. The molecule has 0 rings (SSSR count). The summed E-state index contributed by atoms with van der Waals surface area (Å²) in [6.45, 7) is 3.45. The molecular formula is C45H76NO9P. The number of aliphatic hydroxyl groups is 1. The van der Waals surface area contributed by atoms with Crippen LogP contribution in [0.1, 0.15) is 149 Å². The van der Waals surface area contributed by atoms with Crippen molar-refractivity contribution in [3.8, 4) is 0 Å². The predicted octanol–water partition coefficient (Wildman–Crippen LogP) is 11.0. The van der Waals surface area contributed by atoms with E-state index in [1.807, 2.05) is 42.5 Å². The van der Waals surface area contributed by atoms with Gasteiger partial charge in [-0.15, -0.1) is 0 Å². The van der Waals surface area contributed by atoms with Crippen LogP contribution >= 0.6 is 7.82 Å². The second-order valence-electron chi connectivity index (χ2n) is 13.7. The molecule has 0 saturated heterocycles. The van der Waals surface area contributed by atoms with E-state index in [1.165, 1.54) is 57.8 Å². The van der Waals surface area contributed by atoms with Gasteiger partial charge in [0.2, 0.25) is 0 Å². The zero-order valence-electron chi connectivity index (χ0n) is 34.7. The number of unbranched alkanes of at least 4 members (excludes halogenated alkanes) is 11. The van der Waals surface area contributed by atoms with E-state index >= 15 is 0 Å². The maximum Gasteiger partial charge on any atom is 0.472 e. The zero-order chi connectivity index (χ0) is 41.2. The van der Waals surface area contributed by atoms with Gasteiger partial charge in [0.25, 0.3) is 0 Å². The van der Waals surface area contributed by atoms with Gasteiger partial charge in [-0.05, 0) is 77.0 Å². The van der Waals surface area contributed by atoms with Crippen molar-refractivity contribution in [2.24, 2.45) is 5.73 Å². The molecule has 0 amide bonds. The Morgan fingerprint density at radius 1 is 0.625 bits per heavy atom. The van der Waals surface area contributed by atoms with Crippen molar-refractivity contribution >= 4 is 19.8 Å². The van der Waals surface area contributed by atoms with Crippen LogP contribution < -0.4 is 5.73 Å². The standard InChI is InChI=1S/C45H76NO9P/c1-3-5-7-9-11-12-13-14-15-16-17-18-19-20-24-28-32-36-44(48)52-40-43(41-54-56(50,51)53-39-38-46)55-45(49)37-33-29-25-21-23-27-31-35-42(47)34-30-26-22-10-8-6-4-2/h14-15,17-18,20-22,24-27,30-31,34,42-43,47H,3-13,16,19,23,28-29,32-33,35-41,46H2,1-2H3,(H,50,51)/b15-14-,18-17-,24-20-,25-21+,26-22-,31-27-,34-30-/t42-,43+/m0/s1. The van der Waals surface area contributed by atoms with E-state index in [2.05, 4.69) is 50.3 Å². The summed E-state index contributed by atoms with van der Waals surface area (Å²) in [5, 5.41) is 10.1. The number of allylic oxidation sites excluding steroid dienone is 12. The highest BCUT2D eigenvalue weighted by atomic mass is 31.2. The summed E-state index contributed by atoms with van der Waals surface area (Å²) in [6, 6.07) is 0. The molecule has 10 nitrogen and oxygen atoms in total. The van der Waals surface area contributed by atoms with Crippen LogP contribution in [0.2, 0.25) is 0 Å². The molecule has 0 saturated carbocycles. The van der Waals surface area contributed by atoms with Crippen LogP contribution in [0.15, 0.2) is 85.1 Å². The average Bonchev–Trinajstić information content (AvgIpc) is 3.18. The lowest BCUT2D eigenvalue weighted by Gasteiger charge is -2.19. The van der Waals surface area contributed by atoms with Crippen LogP contribution in [0.3, 0.4) is 0 Å². The lowest BCUT2D eigenvalue weighted by atomic mass is 10.1. The first-order valence-corrected chi connectivity index (χ1v) is 22.7. The maximum absolute atomic E-state index is 12.5. The summed E-state index contributed by atoms with van der Waals surface area (Å²) < 4.78 is 32.6. The van der Waals surface area contributed by atoms with E-state index in [-0.39, 0.29) is 32.6 Å². The molecule has 0 aromatic carbocycles. The van der Waals surface area contributed by atoms with Crippen LogP contribution in [0.5, 0.6) is 0 Å². The number of carbonyl (C=O) groups excluding carboxylic acids is 2. The quantitative estimate of drug-likeness (QED) is 0.0180. The molecule has 0 aromatic rings. The van der Waals surface area contributed by atoms with Gasteiger partial charge in [-0.2, -0.15) is 0 Å². The summed E-state index contributed by atoms with van der Waals surface area (Å²) in [5.74, 6) is -1.01. The van der Waals surface area contributed by atoms with E-state index in [4.69, 9.17) is 24.3 Å². The van der Waals surface area contributed by atoms with Crippen molar-refractivity contribution < 1.29 is 42.7 Å². The Balaban J connectivity index is 4.43. The predicted molar refractivity (Wildman–Crippen MR) is 230 cm³/mol. The molecule has 0 fully saturated rings. The number of phosphoric acid groups is 1. The first kappa shape index (κ1) is 53.1. The third-order valence-corrected chi connectivity index (χ3v) is 9.32. The number of phosphoric ester groups is 1. The van der Waals surface area contributed by atoms with Crippen LogP contribution in [-0.2, 0) is 32.7 Å². The zero-order valence-corrected chi connectivity index (χ0v) is 35.6. The Bertz CT molecular complexity index is 1210. The van der Waals surface area contributed by atoms with Crippen LogP contribution in [0.25, 0.3) is 0 Å². The lowest BCUT2D eigenvalue weighted by Crippen LogP contribution is -2.29. The summed E-state index contributed by atoms with van der Waals surface area (Å²) in [7, 11) is -4.42. The minimum Gasteiger partial charge on any atom is -0.462 e. The number of nitrogens with two attached hydrogens (primary N) is 1. The maximum atomic E-state index is 12.5. The smallest absolute Gasteiger partial charge is 0.462 e. The normalized spacial score (nSPS) is 14.7. The summed E-state index contributed by atoms with van der Waals surface area (Å²) >= 11 is 0. The molecule has 0 aliphatic heterocycles. The van der Waals surface area contributed by atoms with E-state index < -0.39 is 38.6 Å². The Hall–Kier alpha value is -2.85. The molecular weight excluding hydrogens is 729 g/mol. The molecule has 0 aliphatic rings. The van der Waals surface area contributed by atoms with Gasteiger partial charge in [-0.3, -0.25) is 18.6 Å². The van der Waals surface area contributed by atoms with Gasteiger partial charge in [0.1, 0.15) is 6.61 Å². The number of rotatable bonds is 38. The monoisotopic (exact) mass is 806 g/mol. The Morgan fingerprint density at radius 2 is 1.14 bits per heavy atom. The fourth-order valence-corrected chi connectivity index (χ4v) is 5.90.